The number of rotatable bonds is 3. The van der Waals surface area contributed by atoms with E-state index in [1.165, 1.54) is 23.5 Å². The number of hydrogen-bond donors (Lipinski definition) is 0. The Morgan fingerprint density at radius 2 is 2.12 bits per heavy atom. The van der Waals surface area contributed by atoms with Crippen molar-refractivity contribution in [2.24, 2.45) is 0 Å². The zero-order chi connectivity index (χ0) is 12.4. The minimum Gasteiger partial charge on any atom is -0.294 e. The molecule has 0 aliphatic carbocycles. The molecule has 88 valence electrons. The third-order valence-electron chi connectivity index (χ3n) is 2.21. The molecule has 17 heavy (non-hydrogen) atoms. The summed E-state index contributed by atoms with van der Waals surface area (Å²) in [4.78, 5) is 12.6. The van der Waals surface area contributed by atoms with E-state index in [1.54, 1.807) is 6.07 Å². The van der Waals surface area contributed by atoms with Crippen molar-refractivity contribution in [3.63, 3.8) is 0 Å². The molecule has 2 aromatic rings. The molecule has 1 nitrogen and oxygen atoms in total. The number of thiophene rings is 1. The zero-order valence-electron chi connectivity index (χ0n) is 8.54. The molecule has 0 aliphatic heterocycles. The van der Waals surface area contributed by atoms with E-state index in [9.17, 15) is 13.6 Å². The van der Waals surface area contributed by atoms with Gasteiger partial charge in [0, 0.05) is 21.2 Å². The lowest BCUT2D eigenvalue weighted by atomic mass is 10.1. The van der Waals surface area contributed by atoms with Crippen LogP contribution in [-0.4, -0.2) is 5.78 Å². The Morgan fingerprint density at radius 3 is 2.76 bits per heavy atom. The molecule has 0 atom stereocenters. The van der Waals surface area contributed by atoms with E-state index in [1.807, 2.05) is 5.38 Å². The van der Waals surface area contributed by atoms with E-state index in [-0.39, 0.29) is 12.0 Å². The van der Waals surface area contributed by atoms with Crippen LogP contribution in [0.3, 0.4) is 0 Å². The van der Waals surface area contributed by atoms with Crippen LogP contribution in [0.25, 0.3) is 0 Å². The van der Waals surface area contributed by atoms with Crippen molar-refractivity contribution in [2.45, 2.75) is 6.42 Å². The second kappa shape index (κ2) is 5.06. The van der Waals surface area contributed by atoms with Gasteiger partial charge in [0.15, 0.2) is 17.4 Å². The van der Waals surface area contributed by atoms with Crippen molar-refractivity contribution < 1.29 is 13.6 Å². The monoisotopic (exact) mass is 316 g/mol. The van der Waals surface area contributed by atoms with Gasteiger partial charge in [-0.25, -0.2) is 8.78 Å². The second-order valence-electron chi connectivity index (χ2n) is 3.43. The van der Waals surface area contributed by atoms with Crippen molar-refractivity contribution >= 4 is 33.0 Å². The highest BCUT2D eigenvalue weighted by Crippen LogP contribution is 2.22. The van der Waals surface area contributed by atoms with Crippen LogP contribution in [0, 0.1) is 11.6 Å². The van der Waals surface area contributed by atoms with E-state index in [2.05, 4.69) is 15.9 Å². The number of Topliss-reactive ketones (excluding diaryl/α,β-unsaturated/α-hetero) is 1. The standard InChI is InChI=1S/C12H7BrF2OS/c13-7-4-8(17-6-7)5-11(16)9-2-1-3-10(14)12(9)15/h1-4,6H,5H2. The van der Waals surface area contributed by atoms with E-state index in [4.69, 9.17) is 0 Å². The van der Waals surface area contributed by atoms with Gasteiger partial charge in [-0.15, -0.1) is 11.3 Å². The maximum atomic E-state index is 13.4. The highest BCUT2D eigenvalue weighted by molar-refractivity contribution is 9.10. The fourth-order valence-electron chi connectivity index (χ4n) is 1.42. The molecule has 2 rings (SSSR count). The Labute approximate surface area is 109 Å². The molecule has 0 radical (unpaired) electrons. The quantitative estimate of drug-likeness (QED) is 0.775. The van der Waals surface area contributed by atoms with Crippen molar-refractivity contribution in [1.29, 1.82) is 0 Å². The largest absolute Gasteiger partial charge is 0.294 e. The summed E-state index contributed by atoms with van der Waals surface area (Å²) in [5.74, 6) is -2.49. The van der Waals surface area contributed by atoms with Crippen LogP contribution in [0.2, 0.25) is 0 Å². The Bertz CT molecular complexity index is 565. The Balaban J connectivity index is 2.23. The molecule has 1 heterocycles. The molecule has 0 bridgehead atoms. The second-order valence-corrected chi connectivity index (χ2v) is 5.34. The highest BCUT2D eigenvalue weighted by atomic mass is 79.9. The molecule has 5 heteroatoms. The minimum atomic E-state index is -1.08. The molecule has 0 aliphatic rings. The maximum Gasteiger partial charge on any atom is 0.171 e. The first-order valence-electron chi connectivity index (χ1n) is 4.78. The topological polar surface area (TPSA) is 17.1 Å². The van der Waals surface area contributed by atoms with Gasteiger partial charge in [0.05, 0.1) is 5.56 Å². The summed E-state index contributed by atoms with van der Waals surface area (Å²) in [6.07, 6.45) is 0.0800. The van der Waals surface area contributed by atoms with Crippen LogP contribution in [0.15, 0.2) is 34.1 Å². The third kappa shape index (κ3) is 2.79. The van der Waals surface area contributed by atoms with Gasteiger partial charge >= 0.3 is 0 Å². The molecule has 0 N–H and O–H groups in total. The van der Waals surface area contributed by atoms with Crippen LogP contribution in [0.1, 0.15) is 15.2 Å². The van der Waals surface area contributed by atoms with Crippen molar-refractivity contribution in [2.75, 3.05) is 0 Å². The minimum absolute atomic E-state index is 0.0800. The fraction of sp³-hybridized carbons (Fsp3) is 0.0833. The number of ketones is 1. The number of halogens is 3. The lowest BCUT2D eigenvalue weighted by molar-refractivity contribution is 0.0989. The number of carbonyl (C=O) groups excluding carboxylic acids is 1. The predicted molar refractivity (Wildman–Crippen MR) is 66.4 cm³/mol. The van der Waals surface area contributed by atoms with Gasteiger partial charge in [-0.1, -0.05) is 6.07 Å². The average molecular weight is 317 g/mol. The first kappa shape index (κ1) is 12.4. The zero-order valence-corrected chi connectivity index (χ0v) is 10.9. The van der Waals surface area contributed by atoms with Crippen molar-refractivity contribution in [1.82, 2.24) is 0 Å². The van der Waals surface area contributed by atoms with Crippen LogP contribution >= 0.6 is 27.3 Å². The molecule has 1 aromatic heterocycles. The third-order valence-corrected chi connectivity index (χ3v) is 3.91. The molecule has 0 spiro atoms. The number of hydrogen-bond acceptors (Lipinski definition) is 2. The van der Waals surface area contributed by atoms with Crippen LogP contribution in [-0.2, 0) is 6.42 Å². The Morgan fingerprint density at radius 1 is 1.35 bits per heavy atom. The first-order chi connectivity index (χ1) is 8.08. The van der Waals surface area contributed by atoms with Crippen LogP contribution in [0.5, 0.6) is 0 Å². The SMILES string of the molecule is O=C(Cc1cc(Br)cs1)c1cccc(F)c1F. The highest BCUT2D eigenvalue weighted by Gasteiger charge is 2.15. The molecule has 0 saturated heterocycles. The number of carbonyl (C=O) groups is 1. The Kier molecular flexibility index (Phi) is 3.69. The summed E-state index contributed by atoms with van der Waals surface area (Å²) in [6, 6.07) is 5.41. The van der Waals surface area contributed by atoms with Gasteiger partial charge in [0.2, 0.25) is 0 Å². The lowest BCUT2D eigenvalue weighted by Gasteiger charge is -2.01. The van der Waals surface area contributed by atoms with Crippen molar-refractivity contribution in [3.8, 4) is 0 Å². The average Bonchev–Trinajstić information content (AvgIpc) is 2.68. The summed E-state index contributed by atoms with van der Waals surface area (Å²) >= 11 is 4.67. The van der Waals surface area contributed by atoms with Gasteiger partial charge in [-0.2, -0.15) is 0 Å². The molecule has 0 saturated carbocycles. The molecule has 0 unspecified atom stereocenters. The van der Waals surface area contributed by atoms with E-state index < -0.39 is 17.4 Å². The van der Waals surface area contributed by atoms with Crippen molar-refractivity contribution in [3.05, 3.63) is 56.2 Å². The van der Waals surface area contributed by atoms with Gasteiger partial charge in [-0.05, 0) is 34.1 Å². The smallest absolute Gasteiger partial charge is 0.171 e. The molecular weight excluding hydrogens is 310 g/mol. The van der Waals surface area contributed by atoms with Crippen LogP contribution < -0.4 is 0 Å². The van der Waals surface area contributed by atoms with E-state index in [0.717, 1.165) is 15.4 Å². The predicted octanol–water partition coefficient (Wildman–Crippen LogP) is 4.21. The van der Waals surface area contributed by atoms with Gasteiger partial charge in [0.1, 0.15) is 0 Å². The normalized spacial score (nSPS) is 10.5. The fourth-order valence-corrected chi connectivity index (χ4v) is 2.87. The first-order valence-corrected chi connectivity index (χ1v) is 6.45. The summed E-state index contributed by atoms with van der Waals surface area (Å²) < 4.78 is 27.2. The van der Waals surface area contributed by atoms with Crippen LogP contribution in [0.4, 0.5) is 8.78 Å². The molecule has 1 aromatic carbocycles. The van der Waals surface area contributed by atoms with E-state index >= 15 is 0 Å². The van der Waals surface area contributed by atoms with Gasteiger partial charge in [0.25, 0.3) is 0 Å². The molecule has 0 amide bonds. The Hall–Kier alpha value is -1.07. The summed E-state index contributed by atoms with van der Waals surface area (Å²) in [6.45, 7) is 0. The lowest BCUT2D eigenvalue weighted by Crippen LogP contribution is -2.06. The number of benzene rings is 1. The summed E-state index contributed by atoms with van der Waals surface area (Å²) in [5, 5.41) is 1.84. The van der Waals surface area contributed by atoms with E-state index in [0.29, 0.717) is 0 Å². The molecule has 0 fully saturated rings. The summed E-state index contributed by atoms with van der Waals surface area (Å²) in [5.41, 5.74) is -0.200. The van der Waals surface area contributed by atoms with Gasteiger partial charge < -0.3 is 0 Å². The summed E-state index contributed by atoms with van der Waals surface area (Å²) in [7, 11) is 0. The van der Waals surface area contributed by atoms with Gasteiger partial charge in [-0.3, -0.25) is 4.79 Å². The maximum absolute atomic E-state index is 13.4. The molecular formula is C12H7BrF2OS.